The normalized spacial score (nSPS) is 23.9. The molecule has 2 aliphatic rings. The summed E-state index contributed by atoms with van der Waals surface area (Å²) >= 11 is 0. The molecule has 1 aromatic rings. The number of aromatic nitrogens is 2. The van der Waals surface area contributed by atoms with Gasteiger partial charge in [0.1, 0.15) is 5.82 Å². The molecule has 1 spiro atoms. The van der Waals surface area contributed by atoms with E-state index in [1.807, 2.05) is 6.20 Å². The Bertz CT molecular complexity index is 327. The van der Waals surface area contributed by atoms with Crippen molar-refractivity contribution in [2.24, 2.45) is 5.41 Å². The molecule has 0 unspecified atom stereocenters. The summed E-state index contributed by atoms with van der Waals surface area (Å²) in [5, 5.41) is 0. The lowest BCUT2D eigenvalue weighted by Crippen LogP contribution is -2.51. The molecule has 4 heteroatoms. The van der Waals surface area contributed by atoms with Gasteiger partial charge in [-0.1, -0.05) is 0 Å². The Hall–Kier alpha value is -1.16. The number of hydrogen-bond donors (Lipinski definition) is 0. The third-order valence-corrected chi connectivity index (χ3v) is 3.51. The van der Waals surface area contributed by atoms with E-state index in [4.69, 9.17) is 4.74 Å². The molecule has 3 heterocycles. The van der Waals surface area contributed by atoms with Crippen LogP contribution in [0.4, 0.5) is 5.82 Å². The Kier molecular flexibility index (Phi) is 2.09. The highest BCUT2D eigenvalue weighted by atomic mass is 16.5. The zero-order chi connectivity index (χ0) is 10.1. The first kappa shape index (κ1) is 9.09. The van der Waals surface area contributed by atoms with E-state index in [1.54, 1.807) is 12.4 Å². The Labute approximate surface area is 89.3 Å². The van der Waals surface area contributed by atoms with E-state index in [0.29, 0.717) is 5.41 Å². The van der Waals surface area contributed by atoms with Gasteiger partial charge in [0.25, 0.3) is 0 Å². The van der Waals surface area contributed by atoms with Crippen molar-refractivity contribution in [3.8, 4) is 0 Å². The molecular weight excluding hydrogens is 190 g/mol. The molecule has 4 nitrogen and oxygen atoms in total. The third kappa shape index (κ3) is 1.59. The van der Waals surface area contributed by atoms with E-state index in [-0.39, 0.29) is 0 Å². The van der Waals surface area contributed by atoms with Crippen LogP contribution in [0.3, 0.4) is 0 Å². The van der Waals surface area contributed by atoms with Crippen LogP contribution in [0.25, 0.3) is 0 Å². The Morgan fingerprint density at radius 2 is 2.00 bits per heavy atom. The average Bonchev–Trinajstić information content (AvgIpc) is 2.28. The molecular formula is C11H15N3O. The molecule has 2 aliphatic heterocycles. The van der Waals surface area contributed by atoms with Crippen LogP contribution in [0.2, 0.25) is 0 Å². The molecule has 15 heavy (non-hydrogen) atoms. The minimum atomic E-state index is 0.499. The largest absolute Gasteiger partial charge is 0.380 e. The van der Waals surface area contributed by atoms with Gasteiger partial charge in [0, 0.05) is 30.9 Å². The summed E-state index contributed by atoms with van der Waals surface area (Å²) in [6.45, 7) is 4.09. The number of rotatable bonds is 1. The van der Waals surface area contributed by atoms with Gasteiger partial charge in [0.2, 0.25) is 0 Å². The summed E-state index contributed by atoms with van der Waals surface area (Å²) in [5.41, 5.74) is 0.499. The van der Waals surface area contributed by atoms with Gasteiger partial charge in [0.05, 0.1) is 19.4 Å². The highest BCUT2D eigenvalue weighted by Crippen LogP contribution is 2.38. The molecule has 2 saturated heterocycles. The summed E-state index contributed by atoms with van der Waals surface area (Å²) in [7, 11) is 0. The van der Waals surface area contributed by atoms with Gasteiger partial charge in [0.15, 0.2) is 0 Å². The Balaban J connectivity index is 1.67. The van der Waals surface area contributed by atoms with Crippen molar-refractivity contribution in [1.29, 1.82) is 0 Å². The van der Waals surface area contributed by atoms with Crippen LogP contribution in [-0.4, -0.2) is 36.3 Å². The number of nitrogens with zero attached hydrogens (tertiary/aromatic N) is 3. The van der Waals surface area contributed by atoms with Gasteiger partial charge in [-0.05, 0) is 12.8 Å². The molecule has 0 N–H and O–H groups in total. The predicted octanol–water partition coefficient (Wildman–Crippen LogP) is 1.09. The topological polar surface area (TPSA) is 38.2 Å². The maximum absolute atomic E-state index is 5.31. The fourth-order valence-corrected chi connectivity index (χ4v) is 2.34. The van der Waals surface area contributed by atoms with Crippen molar-refractivity contribution >= 4 is 5.82 Å². The van der Waals surface area contributed by atoms with Crippen molar-refractivity contribution in [1.82, 2.24) is 9.97 Å². The zero-order valence-electron chi connectivity index (χ0n) is 8.72. The van der Waals surface area contributed by atoms with Gasteiger partial charge in [-0.25, -0.2) is 4.98 Å². The average molecular weight is 205 g/mol. The van der Waals surface area contributed by atoms with E-state index in [2.05, 4.69) is 14.9 Å². The maximum Gasteiger partial charge on any atom is 0.147 e. The SMILES string of the molecule is c1cnc(N2CCC3(CC2)COC3)cn1. The third-order valence-electron chi connectivity index (χ3n) is 3.51. The van der Waals surface area contributed by atoms with E-state index >= 15 is 0 Å². The predicted molar refractivity (Wildman–Crippen MR) is 56.7 cm³/mol. The maximum atomic E-state index is 5.31. The second kappa shape index (κ2) is 3.45. The molecule has 80 valence electrons. The first-order valence-corrected chi connectivity index (χ1v) is 5.47. The molecule has 0 amide bonds. The van der Waals surface area contributed by atoms with E-state index in [1.165, 1.54) is 12.8 Å². The monoisotopic (exact) mass is 205 g/mol. The van der Waals surface area contributed by atoms with Gasteiger partial charge < -0.3 is 9.64 Å². The standard InChI is InChI=1S/C11H15N3O/c1-5-14(10-7-12-3-4-13-10)6-2-11(1)8-15-9-11/h3-4,7H,1-2,5-6,8-9H2. The molecule has 0 saturated carbocycles. The molecule has 1 aromatic heterocycles. The van der Waals surface area contributed by atoms with Crippen molar-refractivity contribution in [3.05, 3.63) is 18.6 Å². The van der Waals surface area contributed by atoms with E-state index in [9.17, 15) is 0 Å². The molecule has 3 rings (SSSR count). The number of ether oxygens (including phenoxy) is 1. The van der Waals surface area contributed by atoms with Crippen LogP contribution >= 0.6 is 0 Å². The van der Waals surface area contributed by atoms with Crippen molar-refractivity contribution in [2.75, 3.05) is 31.2 Å². The number of hydrogen-bond acceptors (Lipinski definition) is 4. The van der Waals surface area contributed by atoms with Gasteiger partial charge in [-0.2, -0.15) is 0 Å². The lowest BCUT2D eigenvalue weighted by molar-refractivity contribution is -0.124. The van der Waals surface area contributed by atoms with Crippen LogP contribution in [0, 0.1) is 5.41 Å². The van der Waals surface area contributed by atoms with E-state index in [0.717, 1.165) is 32.1 Å². The fraction of sp³-hybridized carbons (Fsp3) is 0.636. The highest BCUT2D eigenvalue weighted by molar-refractivity contribution is 5.35. The quantitative estimate of drug-likeness (QED) is 0.688. The summed E-state index contributed by atoms with van der Waals surface area (Å²) < 4.78 is 5.31. The first-order chi connectivity index (χ1) is 7.38. The van der Waals surface area contributed by atoms with Crippen LogP contribution < -0.4 is 4.90 Å². The Morgan fingerprint density at radius 1 is 1.20 bits per heavy atom. The van der Waals surface area contributed by atoms with Crippen molar-refractivity contribution in [2.45, 2.75) is 12.8 Å². The summed E-state index contributed by atoms with van der Waals surface area (Å²) in [6.07, 6.45) is 7.77. The minimum Gasteiger partial charge on any atom is -0.380 e. The molecule has 0 atom stereocenters. The van der Waals surface area contributed by atoms with Gasteiger partial charge in [-0.15, -0.1) is 0 Å². The second-order valence-corrected chi connectivity index (χ2v) is 4.54. The van der Waals surface area contributed by atoms with Crippen molar-refractivity contribution in [3.63, 3.8) is 0 Å². The summed E-state index contributed by atoms with van der Waals surface area (Å²) in [4.78, 5) is 10.7. The van der Waals surface area contributed by atoms with Crippen LogP contribution in [0.15, 0.2) is 18.6 Å². The molecule has 0 aliphatic carbocycles. The molecule has 0 radical (unpaired) electrons. The number of anilines is 1. The lowest BCUT2D eigenvalue weighted by atomic mass is 9.77. The molecule has 0 aromatic carbocycles. The first-order valence-electron chi connectivity index (χ1n) is 5.47. The molecule has 2 fully saturated rings. The van der Waals surface area contributed by atoms with Gasteiger partial charge in [-0.3, -0.25) is 4.98 Å². The van der Waals surface area contributed by atoms with Gasteiger partial charge >= 0.3 is 0 Å². The second-order valence-electron chi connectivity index (χ2n) is 4.54. The lowest BCUT2D eigenvalue weighted by Gasteiger charge is -2.47. The fourth-order valence-electron chi connectivity index (χ4n) is 2.34. The summed E-state index contributed by atoms with van der Waals surface area (Å²) in [6, 6.07) is 0. The minimum absolute atomic E-state index is 0.499. The Morgan fingerprint density at radius 3 is 2.53 bits per heavy atom. The number of piperidine rings is 1. The summed E-state index contributed by atoms with van der Waals surface area (Å²) in [5.74, 6) is 1.01. The van der Waals surface area contributed by atoms with Crippen LogP contribution in [-0.2, 0) is 4.74 Å². The smallest absolute Gasteiger partial charge is 0.147 e. The molecule has 0 bridgehead atoms. The zero-order valence-corrected chi connectivity index (χ0v) is 8.72. The van der Waals surface area contributed by atoms with E-state index < -0.39 is 0 Å². The highest BCUT2D eigenvalue weighted by Gasteiger charge is 2.41. The van der Waals surface area contributed by atoms with Crippen molar-refractivity contribution < 1.29 is 4.74 Å². The van der Waals surface area contributed by atoms with Crippen LogP contribution in [0.1, 0.15) is 12.8 Å². The van der Waals surface area contributed by atoms with Crippen LogP contribution in [0.5, 0.6) is 0 Å².